The number of aromatic amines is 1. The van der Waals surface area contributed by atoms with Gasteiger partial charge in [0.2, 0.25) is 5.89 Å². The number of hydrogen-bond donors (Lipinski definition) is 3. The second-order valence-electron chi connectivity index (χ2n) is 4.45. The molecule has 0 aliphatic carbocycles. The number of carbonyl (C=O) groups is 1. The van der Waals surface area contributed by atoms with Crippen LogP contribution in [-0.2, 0) is 0 Å². The second-order valence-corrected chi connectivity index (χ2v) is 4.45. The zero-order chi connectivity index (χ0) is 16.4. The quantitative estimate of drug-likeness (QED) is 0.677. The first-order valence-corrected chi connectivity index (χ1v) is 6.35. The Hall–Kier alpha value is -3.30. The SMILES string of the molecule is Nc1cc(-c2nc(C(=O)Nc3c[nH]nc3C(F)F)co2)ccn1. The Kier molecular flexibility index (Phi) is 3.71. The van der Waals surface area contributed by atoms with Gasteiger partial charge in [-0.25, -0.2) is 18.7 Å². The Bertz CT molecular complexity index is 844. The number of oxazole rings is 1. The Morgan fingerprint density at radius 1 is 1.43 bits per heavy atom. The van der Waals surface area contributed by atoms with Gasteiger partial charge in [0.15, 0.2) is 11.4 Å². The first-order chi connectivity index (χ1) is 11.0. The molecule has 0 spiro atoms. The maximum atomic E-state index is 12.7. The summed E-state index contributed by atoms with van der Waals surface area (Å²) in [6.07, 6.45) is 0.923. The van der Waals surface area contributed by atoms with Crippen LogP contribution in [0, 0.1) is 0 Å². The number of rotatable bonds is 4. The smallest absolute Gasteiger partial charge is 0.284 e. The molecule has 4 N–H and O–H groups in total. The first kappa shape index (κ1) is 14.6. The van der Waals surface area contributed by atoms with Crippen molar-refractivity contribution in [3.63, 3.8) is 0 Å². The number of pyridine rings is 1. The molecule has 0 atom stereocenters. The molecule has 0 radical (unpaired) electrons. The van der Waals surface area contributed by atoms with Gasteiger partial charge in [-0.15, -0.1) is 0 Å². The average Bonchev–Trinajstić information content (AvgIpc) is 3.16. The summed E-state index contributed by atoms with van der Waals surface area (Å²) in [6.45, 7) is 0. The molecule has 0 aromatic carbocycles. The van der Waals surface area contributed by atoms with E-state index in [0.717, 1.165) is 12.5 Å². The third kappa shape index (κ3) is 3.00. The van der Waals surface area contributed by atoms with Crippen LogP contribution in [0.1, 0.15) is 22.6 Å². The third-order valence-corrected chi connectivity index (χ3v) is 2.89. The van der Waals surface area contributed by atoms with E-state index in [1.54, 1.807) is 6.07 Å². The molecule has 0 saturated heterocycles. The molecule has 10 heteroatoms. The van der Waals surface area contributed by atoms with Crippen molar-refractivity contribution in [3.8, 4) is 11.5 Å². The molecular formula is C13H10F2N6O2. The number of amides is 1. The van der Waals surface area contributed by atoms with Crippen LogP contribution >= 0.6 is 0 Å². The summed E-state index contributed by atoms with van der Waals surface area (Å²) in [6, 6.07) is 3.13. The van der Waals surface area contributed by atoms with E-state index in [4.69, 9.17) is 10.2 Å². The summed E-state index contributed by atoms with van der Waals surface area (Å²) in [5, 5.41) is 7.93. The lowest BCUT2D eigenvalue weighted by atomic mass is 10.2. The minimum absolute atomic E-state index is 0.0724. The number of alkyl halides is 2. The molecule has 0 unspecified atom stereocenters. The topological polar surface area (TPSA) is 123 Å². The summed E-state index contributed by atoms with van der Waals surface area (Å²) in [5.41, 5.74) is 5.35. The maximum Gasteiger partial charge on any atom is 0.284 e. The molecule has 3 aromatic heterocycles. The fraction of sp³-hybridized carbons (Fsp3) is 0.0769. The van der Waals surface area contributed by atoms with Crippen molar-refractivity contribution >= 4 is 17.4 Å². The highest BCUT2D eigenvalue weighted by atomic mass is 19.3. The van der Waals surface area contributed by atoms with Crippen molar-refractivity contribution in [2.45, 2.75) is 6.43 Å². The van der Waals surface area contributed by atoms with E-state index in [1.165, 1.54) is 12.3 Å². The molecule has 0 fully saturated rings. The van der Waals surface area contributed by atoms with E-state index in [9.17, 15) is 13.6 Å². The van der Waals surface area contributed by atoms with E-state index in [1.807, 2.05) is 0 Å². The summed E-state index contributed by atoms with van der Waals surface area (Å²) in [5.74, 6) is -0.275. The molecule has 3 heterocycles. The normalized spacial score (nSPS) is 10.9. The maximum absolute atomic E-state index is 12.7. The highest BCUT2D eigenvalue weighted by molar-refractivity contribution is 6.03. The number of carbonyl (C=O) groups excluding carboxylic acids is 1. The minimum atomic E-state index is -2.82. The zero-order valence-corrected chi connectivity index (χ0v) is 11.5. The molecule has 0 bridgehead atoms. The summed E-state index contributed by atoms with van der Waals surface area (Å²) >= 11 is 0. The van der Waals surface area contributed by atoms with Crippen molar-refractivity contribution in [3.05, 3.63) is 42.2 Å². The Morgan fingerprint density at radius 2 is 2.26 bits per heavy atom. The largest absolute Gasteiger partial charge is 0.444 e. The van der Waals surface area contributed by atoms with Gasteiger partial charge in [-0.05, 0) is 12.1 Å². The molecule has 1 amide bonds. The lowest BCUT2D eigenvalue weighted by Gasteiger charge is -2.02. The van der Waals surface area contributed by atoms with Gasteiger partial charge in [0.25, 0.3) is 12.3 Å². The van der Waals surface area contributed by atoms with Gasteiger partial charge in [0.1, 0.15) is 12.1 Å². The van der Waals surface area contributed by atoms with E-state index in [-0.39, 0.29) is 23.1 Å². The Morgan fingerprint density at radius 3 is 3.00 bits per heavy atom. The fourth-order valence-electron chi connectivity index (χ4n) is 1.85. The molecule has 3 rings (SSSR count). The third-order valence-electron chi connectivity index (χ3n) is 2.89. The van der Waals surface area contributed by atoms with Crippen molar-refractivity contribution in [2.24, 2.45) is 0 Å². The predicted molar refractivity (Wildman–Crippen MR) is 75.6 cm³/mol. The van der Waals surface area contributed by atoms with Gasteiger partial charge in [0.05, 0.1) is 5.69 Å². The highest BCUT2D eigenvalue weighted by Gasteiger charge is 2.20. The molecular weight excluding hydrogens is 310 g/mol. The van der Waals surface area contributed by atoms with Crippen LogP contribution in [-0.4, -0.2) is 26.1 Å². The van der Waals surface area contributed by atoms with Crippen LogP contribution in [0.5, 0.6) is 0 Å². The van der Waals surface area contributed by atoms with Gasteiger partial charge in [-0.1, -0.05) is 0 Å². The van der Waals surface area contributed by atoms with Crippen molar-refractivity contribution < 1.29 is 18.0 Å². The number of hydrogen-bond acceptors (Lipinski definition) is 6. The van der Waals surface area contributed by atoms with E-state index in [0.29, 0.717) is 5.56 Å². The Labute approximate surface area is 127 Å². The molecule has 0 saturated carbocycles. The standard InChI is InChI=1S/C13H10F2N6O2/c14-11(15)10-7(4-18-21-10)19-12(22)8-5-23-13(20-8)6-1-2-17-9(16)3-6/h1-5,11H,(H2,16,17)(H,18,21)(H,19,22). The number of H-pyrrole nitrogens is 1. The minimum Gasteiger partial charge on any atom is -0.444 e. The number of nitrogens with two attached hydrogens (primary N) is 1. The second kappa shape index (κ2) is 5.83. The predicted octanol–water partition coefficient (Wildman–Crippen LogP) is 2.23. The van der Waals surface area contributed by atoms with Gasteiger partial charge in [-0.3, -0.25) is 9.89 Å². The van der Waals surface area contributed by atoms with Crippen LogP contribution in [0.25, 0.3) is 11.5 Å². The van der Waals surface area contributed by atoms with Crippen LogP contribution < -0.4 is 11.1 Å². The lowest BCUT2D eigenvalue weighted by Crippen LogP contribution is -2.13. The van der Waals surface area contributed by atoms with Crippen LogP contribution in [0.2, 0.25) is 0 Å². The molecule has 118 valence electrons. The first-order valence-electron chi connectivity index (χ1n) is 6.35. The van der Waals surface area contributed by atoms with E-state index >= 15 is 0 Å². The monoisotopic (exact) mass is 320 g/mol. The number of nitrogens with one attached hydrogen (secondary N) is 2. The number of anilines is 2. The number of halogens is 2. The Balaban J connectivity index is 1.80. The number of aromatic nitrogens is 4. The molecule has 23 heavy (non-hydrogen) atoms. The van der Waals surface area contributed by atoms with Crippen molar-refractivity contribution in [2.75, 3.05) is 11.1 Å². The fourth-order valence-corrected chi connectivity index (χ4v) is 1.85. The summed E-state index contributed by atoms with van der Waals surface area (Å²) in [7, 11) is 0. The zero-order valence-electron chi connectivity index (χ0n) is 11.5. The van der Waals surface area contributed by atoms with Gasteiger partial charge in [0, 0.05) is 18.0 Å². The average molecular weight is 320 g/mol. The van der Waals surface area contributed by atoms with Crippen LogP contribution in [0.3, 0.4) is 0 Å². The van der Waals surface area contributed by atoms with Crippen LogP contribution in [0.4, 0.5) is 20.3 Å². The summed E-state index contributed by atoms with van der Waals surface area (Å²) < 4.78 is 30.6. The molecule has 8 nitrogen and oxygen atoms in total. The number of nitrogen functional groups attached to an aromatic ring is 1. The van der Waals surface area contributed by atoms with Crippen LogP contribution in [0.15, 0.2) is 35.2 Å². The highest BCUT2D eigenvalue weighted by Crippen LogP contribution is 2.25. The van der Waals surface area contributed by atoms with Crippen molar-refractivity contribution in [1.82, 2.24) is 20.2 Å². The van der Waals surface area contributed by atoms with Gasteiger partial charge in [-0.2, -0.15) is 5.10 Å². The van der Waals surface area contributed by atoms with E-state index < -0.39 is 18.0 Å². The van der Waals surface area contributed by atoms with Crippen molar-refractivity contribution in [1.29, 1.82) is 0 Å². The van der Waals surface area contributed by atoms with E-state index in [2.05, 4.69) is 25.5 Å². The summed E-state index contributed by atoms with van der Waals surface area (Å²) in [4.78, 5) is 19.9. The number of nitrogens with zero attached hydrogens (tertiary/aromatic N) is 3. The van der Waals surface area contributed by atoms with Gasteiger partial charge < -0.3 is 15.5 Å². The van der Waals surface area contributed by atoms with Gasteiger partial charge >= 0.3 is 0 Å². The molecule has 3 aromatic rings. The molecule has 0 aliphatic rings. The molecule has 0 aliphatic heterocycles. The lowest BCUT2D eigenvalue weighted by molar-refractivity contribution is 0.102.